The van der Waals surface area contributed by atoms with Gasteiger partial charge in [0, 0.05) is 26.2 Å². The average Bonchev–Trinajstić information content (AvgIpc) is 2.34. The van der Waals surface area contributed by atoms with Gasteiger partial charge < -0.3 is 15.4 Å². The van der Waals surface area contributed by atoms with E-state index >= 15 is 0 Å². The second-order valence-corrected chi connectivity index (χ2v) is 4.57. The highest BCUT2D eigenvalue weighted by molar-refractivity contribution is 14.0. The molecular formula is C12H28IN3OS. The summed E-state index contributed by atoms with van der Waals surface area (Å²) in [4.78, 5) is 4.51. The molecule has 0 amide bonds. The van der Waals surface area contributed by atoms with Crippen LogP contribution in [0.2, 0.25) is 0 Å². The predicted molar refractivity (Wildman–Crippen MR) is 93.5 cm³/mol. The van der Waals surface area contributed by atoms with Crippen molar-refractivity contribution >= 4 is 41.7 Å². The van der Waals surface area contributed by atoms with E-state index in [1.807, 2.05) is 18.7 Å². The van der Waals surface area contributed by atoms with Gasteiger partial charge in [0.2, 0.25) is 0 Å². The Morgan fingerprint density at radius 3 is 2.61 bits per heavy atom. The van der Waals surface area contributed by atoms with Crippen LogP contribution in [0.25, 0.3) is 0 Å². The number of hydrogen-bond donors (Lipinski definition) is 2. The van der Waals surface area contributed by atoms with Crippen LogP contribution in [-0.4, -0.2) is 50.8 Å². The van der Waals surface area contributed by atoms with Gasteiger partial charge in [0.15, 0.2) is 5.96 Å². The lowest BCUT2D eigenvalue weighted by molar-refractivity contribution is 0.152. The Labute approximate surface area is 133 Å². The van der Waals surface area contributed by atoms with Crippen molar-refractivity contribution in [2.24, 2.45) is 4.99 Å². The number of nitrogens with zero attached hydrogens (tertiary/aromatic N) is 1. The van der Waals surface area contributed by atoms with E-state index in [-0.39, 0.29) is 24.0 Å². The molecule has 0 rings (SSSR count). The van der Waals surface area contributed by atoms with Gasteiger partial charge in [-0.1, -0.05) is 0 Å². The number of hydrogen-bond acceptors (Lipinski definition) is 3. The monoisotopic (exact) mass is 389 g/mol. The van der Waals surface area contributed by atoms with Crippen LogP contribution < -0.4 is 10.6 Å². The number of unbranched alkanes of at least 4 members (excludes halogenated alkanes) is 1. The van der Waals surface area contributed by atoms with E-state index in [4.69, 9.17) is 4.74 Å². The molecule has 0 fully saturated rings. The number of nitrogens with one attached hydrogen (secondary N) is 2. The first-order valence-electron chi connectivity index (χ1n) is 6.44. The summed E-state index contributed by atoms with van der Waals surface area (Å²) in [5.41, 5.74) is 0. The van der Waals surface area contributed by atoms with Crippen molar-refractivity contribution in [2.75, 3.05) is 44.9 Å². The van der Waals surface area contributed by atoms with Crippen LogP contribution in [0, 0.1) is 0 Å². The minimum absolute atomic E-state index is 0. The zero-order valence-corrected chi connectivity index (χ0v) is 15.0. The molecule has 0 heterocycles. The summed E-state index contributed by atoms with van der Waals surface area (Å²) < 4.78 is 5.27. The Bertz CT molecular complexity index is 194. The summed E-state index contributed by atoms with van der Waals surface area (Å²) in [5.74, 6) is 2.13. The van der Waals surface area contributed by atoms with E-state index in [1.54, 1.807) is 0 Å². The third kappa shape index (κ3) is 14.4. The van der Waals surface area contributed by atoms with Crippen LogP contribution in [0.3, 0.4) is 0 Å². The Balaban J connectivity index is 0. The molecule has 2 N–H and O–H groups in total. The van der Waals surface area contributed by atoms with Crippen molar-refractivity contribution in [1.82, 2.24) is 10.6 Å². The lowest BCUT2D eigenvalue weighted by Crippen LogP contribution is -2.39. The van der Waals surface area contributed by atoms with Gasteiger partial charge in [0.1, 0.15) is 0 Å². The highest BCUT2D eigenvalue weighted by atomic mass is 127. The molecule has 0 radical (unpaired) electrons. The normalized spacial score (nSPS) is 10.9. The Morgan fingerprint density at radius 1 is 1.22 bits per heavy atom. The fourth-order valence-corrected chi connectivity index (χ4v) is 1.77. The van der Waals surface area contributed by atoms with Crippen molar-refractivity contribution in [1.29, 1.82) is 0 Å². The van der Waals surface area contributed by atoms with Crippen LogP contribution in [0.15, 0.2) is 4.99 Å². The van der Waals surface area contributed by atoms with Gasteiger partial charge >= 0.3 is 0 Å². The number of halogens is 1. The Morgan fingerprint density at radius 2 is 2.00 bits per heavy atom. The fraction of sp³-hybridized carbons (Fsp3) is 0.917. The Kier molecular flexibility index (Phi) is 19.8. The second kappa shape index (κ2) is 17.3. The topological polar surface area (TPSA) is 45.7 Å². The van der Waals surface area contributed by atoms with Crippen molar-refractivity contribution < 1.29 is 4.74 Å². The van der Waals surface area contributed by atoms with Crippen molar-refractivity contribution in [2.45, 2.75) is 26.7 Å². The molecule has 0 aliphatic rings. The first kappa shape index (κ1) is 20.6. The third-order valence-corrected chi connectivity index (χ3v) is 2.81. The maximum Gasteiger partial charge on any atom is 0.191 e. The van der Waals surface area contributed by atoms with Gasteiger partial charge in [0.25, 0.3) is 0 Å². The van der Waals surface area contributed by atoms with Crippen LogP contribution in [-0.2, 0) is 4.74 Å². The summed E-state index contributed by atoms with van der Waals surface area (Å²) in [7, 11) is 0. The van der Waals surface area contributed by atoms with Crippen molar-refractivity contribution in [3.8, 4) is 0 Å². The van der Waals surface area contributed by atoms with Crippen LogP contribution in [0.4, 0.5) is 0 Å². The summed E-state index contributed by atoms with van der Waals surface area (Å²) in [6, 6.07) is 0. The quantitative estimate of drug-likeness (QED) is 0.261. The molecular weight excluding hydrogens is 361 g/mol. The maximum absolute atomic E-state index is 5.27. The summed E-state index contributed by atoms with van der Waals surface area (Å²) in [5, 5.41) is 6.48. The van der Waals surface area contributed by atoms with Gasteiger partial charge in [-0.25, -0.2) is 0 Å². The highest BCUT2D eigenvalue weighted by Gasteiger charge is 1.95. The molecule has 0 aromatic carbocycles. The van der Waals surface area contributed by atoms with E-state index in [2.05, 4.69) is 28.8 Å². The van der Waals surface area contributed by atoms with E-state index in [9.17, 15) is 0 Å². The average molecular weight is 389 g/mol. The van der Waals surface area contributed by atoms with Gasteiger partial charge in [-0.2, -0.15) is 11.8 Å². The molecule has 0 atom stereocenters. The standard InChI is InChI=1S/C12H27N3OS.HI/c1-4-13-12(15-9-10-16-5-2)14-8-6-7-11-17-3;/h4-11H2,1-3H3,(H2,13,14,15);1H. The van der Waals surface area contributed by atoms with Crippen LogP contribution in [0.1, 0.15) is 26.7 Å². The molecule has 110 valence electrons. The van der Waals surface area contributed by atoms with E-state index < -0.39 is 0 Å². The number of rotatable bonds is 10. The predicted octanol–water partition coefficient (Wildman–Crippen LogP) is 2.34. The molecule has 0 aliphatic carbocycles. The zero-order chi connectivity index (χ0) is 12.8. The SMILES string of the molecule is CCNC(=NCCCCSC)NCCOCC.I. The molecule has 0 bridgehead atoms. The highest BCUT2D eigenvalue weighted by Crippen LogP contribution is 1.98. The molecule has 0 spiro atoms. The van der Waals surface area contributed by atoms with Crippen molar-refractivity contribution in [3.05, 3.63) is 0 Å². The molecule has 0 aromatic rings. The summed E-state index contributed by atoms with van der Waals surface area (Å²) in [6.45, 7) is 8.18. The van der Waals surface area contributed by atoms with Gasteiger partial charge in [-0.15, -0.1) is 24.0 Å². The Hall–Kier alpha value is 0.310. The minimum atomic E-state index is 0. The number of ether oxygens (including phenoxy) is 1. The number of aliphatic imine (C=N–C) groups is 1. The molecule has 6 heteroatoms. The number of guanidine groups is 1. The molecule has 4 nitrogen and oxygen atoms in total. The van der Waals surface area contributed by atoms with E-state index in [0.717, 1.165) is 45.2 Å². The molecule has 18 heavy (non-hydrogen) atoms. The molecule has 0 unspecified atom stereocenters. The smallest absolute Gasteiger partial charge is 0.191 e. The van der Waals surface area contributed by atoms with E-state index in [1.165, 1.54) is 12.2 Å². The van der Waals surface area contributed by atoms with Crippen LogP contribution >= 0.6 is 35.7 Å². The van der Waals surface area contributed by atoms with Gasteiger partial charge in [-0.3, -0.25) is 4.99 Å². The second-order valence-electron chi connectivity index (χ2n) is 3.58. The van der Waals surface area contributed by atoms with E-state index in [0.29, 0.717) is 0 Å². The maximum atomic E-state index is 5.27. The summed E-state index contributed by atoms with van der Waals surface area (Å²) in [6.07, 6.45) is 4.54. The lowest BCUT2D eigenvalue weighted by atomic mass is 10.3. The van der Waals surface area contributed by atoms with Gasteiger partial charge in [0.05, 0.1) is 6.61 Å². The van der Waals surface area contributed by atoms with Crippen LogP contribution in [0.5, 0.6) is 0 Å². The number of thioether (sulfide) groups is 1. The fourth-order valence-electron chi connectivity index (χ4n) is 1.28. The molecule has 0 aliphatic heterocycles. The first-order valence-corrected chi connectivity index (χ1v) is 7.83. The minimum Gasteiger partial charge on any atom is -0.380 e. The molecule has 0 saturated carbocycles. The van der Waals surface area contributed by atoms with Crippen molar-refractivity contribution in [3.63, 3.8) is 0 Å². The molecule has 0 aromatic heterocycles. The third-order valence-electron chi connectivity index (χ3n) is 2.11. The van der Waals surface area contributed by atoms with Gasteiger partial charge in [-0.05, 0) is 38.7 Å². The lowest BCUT2D eigenvalue weighted by Gasteiger charge is -2.11. The zero-order valence-electron chi connectivity index (χ0n) is 11.8. The first-order chi connectivity index (χ1) is 8.35. The molecule has 0 saturated heterocycles. The largest absolute Gasteiger partial charge is 0.380 e. The summed E-state index contributed by atoms with van der Waals surface area (Å²) >= 11 is 1.89.